The van der Waals surface area contributed by atoms with Crippen LogP contribution in [0.5, 0.6) is 0 Å². The summed E-state index contributed by atoms with van der Waals surface area (Å²) in [7, 11) is 0. The van der Waals surface area contributed by atoms with Gasteiger partial charge in [-0.1, -0.05) is 29.3 Å². The number of rotatable bonds is 3. The number of hydrogen-bond donors (Lipinski definition) is 1. The van der Waals surface area contributed by atoms with Crippen molar-refractivity contribution in [2.75, 3.05) is 0 Å². The summed E-state index contributed by atoms with van der Waals surface area (Å²) in [6.45, 7) is 0.580. The molecule has 4 heteroatoms. The molecular formula is C12H11Cl2NO. The summed E-state index contributed by atoms with van der Waals surface area (Å²) in [4.78, 5) is 0. The van der Waals surface area contributed by atoms with Crippen LogP contribution < -0.4 is 0 Å². The van der Waals surface area contributed by atoms with E-state index in [1.165, 1.54) is 0 Å². The Morgan fingerprint density at radius 2 is 1.75 bits per heavy atom. The summed E-state index contributed by atoms with van der Waals surface area (Å²) in [5, 5.41) is 10.4. The molecule has 2 nitrogen and oxygen atoms in total. The molecule has 2 aromatic rings. The van der Waals surface area contributed by atoms with E-state index in [4.69, 9.17) is 28.3 Å². The van der Waals surface area contributed by atoms with E-state index in [0.29, 0.717) is 16.6 Å². The van der Waals surface area contributed by atoms with Crippen LogP contribution in [-0.2, 0) is 13.2 Å². The SMILES string of the molecule is OCc1cccn1Cc1c(Cl)cccc1Cl. The Morgan fingerprint density at radius 3 is 2.38 bits per heavy atom. The van der Waals surface area contributed by atoms with Crippen LogP contribution in [0.25, 0.3) is 0 Å². The van der Waals surface area contributed by atoms with Gasteiger partial charge in [0.2, 0.25) is 0 Å². The molecule has 0 saturated heterocycles. The van der Waals surface area contributed by atoms with Crippen molar-refractivity contribution in [3.63, 3.8) is 0 Å². The molecule has 84 valence electrons. The molecule has 1 N–H and O–H groups in total. The van der Waals surface area contributed by atoms with Crippen LogP contribution >= 0.6 is 23.2 Å². The van der Waals surface area contributed by atoms with Gasteiger partial charge < -0.3 is 9.67 Å². The Morgan fingerprint density at radius 1 is 1.06 bits per heavy atom. The molecule has 0 amide bonds. The average molecular weight is 256 g/mol. The maximum atomic E-state index is 9.14. The standard InChI is InChI=1S/C12H11Cl2NO/c13-11-4-1-5-12(14)10(11)7-15-6-2-3-9(15)8-16/h1-6,16H,7-8H2. The third kappa shape index (κ3) is 2.24. The number of aliphatic hydroxyl groups excluding tert-OH is 1. The second-order valence-electron chi connectivity index (χ2n) is 3.49. The van der Waals surface area contributed by atoms with Crippen molar-refractivity contribution in [3.8, 4) is 0 Å². The van der Waals surface area contributed by atoms with Crippen molar-refractivity contribution in [2.45, 2.75) is 13.2 Å². The average Bonchev–Trinajstić information content (AvgIpc) is 2.71. The molecule has 16 heavy (non-hydrogen) atoms. The van der Waals surface area contributed by atoms with Crippen molar-refractivity contribution in [3.05, 3.63) is 57.8 Å². The number of halogens is 2. The lowest BCUT2D eigenvalue weighted by Gasteiger charge is -2.10. The van der Waals surface area contributed by atoms with Gasteiger partial charge in [-0.3, -0.25) is 0 Å². The van der Waals surface area contributed by atoms with Crippen molar-refractivity contribution in [2.24, 2.45) is 0 Å². The lowest BCUT2D eigenvalue weighted by Crippen LogP contribution is -2.04. The molecule has 0 radical (unpaired) electrons. The van der Waals surface area contributed by atoms with E-state index in [1.807, 2.05) is 41.1 Å². The van der Waals surface area contributed by atoms with E-state index >= 15 is 0 Å². The molecule has 1 heterocycles. The Labute approximate surface area is 104 Å². The molecule has 0 aliphatic rings. The fourth-order valence-corrected chi connectivity index (χ4v) is 2.12. The van der Waals surface area contributed by atoms with Crippen LogP contribution in [0.2, 0.25) is 10.0 Å². The highest BCUT2D eigenvalue weighted by molar-refractivity contribution is 6.35. The summed E-state index contributed by atoms with van der Waals surface area (Å²) in [5.74, 6) is 0. The quantitative estimate of drug-likeness (QED) is 0.895. The maximum Gasteiger partial charge on any atom is 0.0832 e. The first-order valence-electron chi connectivity index (χ1n) is 4.90. The first-order chi connectivity index (χ1) is 7.72. The zero-order valence-corrected chi connectivity index (χ0v) is 10.0. The van der Waals surface area contributed by atoms with Gasteiger partial charge in [0.1, 0.15) is 0 Å². The lowest BCUT2D eigenvalue weighted by atomic mass is 10.2. The molecule has 1 aromatic carbocycles. The molecule has 0 atom stereocenters. The molecule has 0 unspecified atom stereocenters. The largest absolute Gasteiger partial charge is 0.390 e. The van der Waals surface area contributed by atoms with Crippen LogP contribution in [0.15, 0.2) is 36.5 Å². The highest BCUT2D eigenvalue weighted by Crippen LogP contribution is 2.25. The minimum Gasteiger partial charge on any atom is -0.390 e. The smallest absolute Gasteiger partial charge is 0.0832 e. The maximum absolute atomic E-state index is 9.14. The fourth-order valence-electron chi connectivity index (χ4n) is 1.60. The first-order valence-corrected chi connectivity index (χ1v) is 5.65. The molecule has 1 aromatic heterocycles. The monoisotopic (exact) mass is 255 g/mol. The van der Waals surface area contributed by atoms with Gasteiger partial charge in [-0.15, -0.1) is 0 Å². The molecule has 0 fully saturated rings. The predicted molar refractivity (Wildman–Crippen MR) is 65.9 cm³/mol. The van der Waals surface area contributed by atoms with Gasteiger partial charge in [0, 0.05) is 27.5 Å². The second-order valence-corrected chi connectivity index (χ2v) is 4.30. The van der Waals surface area contributed by atoms with Crippen molar-refractivity contribution >= 4 is 23.2 Å². The second kappa shape index (κ2) is 4.91. The normalized spacial score (nSPS) is 10.7. The highest BCUT2D eigenvalue weighted by Gasteiger charge is 2.07. The third-order valence-corrected chi connectivity index (χ3v) is 3.18. The number of nitrogens with zero attached hydrogens (tertiary/aromatic N) is 1. The summed E-state index contributed by atoms with van der Waals surface area (Å²) < 4.78 is 1.92. The summed E-state index contributed by atoms with van der Waals surface area (Å²) in [6, 6.07) is 9.19. The van der Waals surface area contributed by atoms with Crippen molar-refractivity contribution in [1.82, 2.24) is 4.57 Å². The minimum atomic E-state index is 0.00900. The van der Waals surface area contributed by atoms with E-state index < -0.39 is 0 Å². The topological polar surface area (TPSA) is 25.2 Å². The zero-order valence-electron chi connectivity index (χ0n) is 8.53. The van der Waals surface area contributed by atoms with Crippen LogP contribution in [0.3, 0.4) is 0 Å². The Hall–Kier alpha value is -0.960. The molecule has 0 bridgehead atoms. The van der Waals surface area contributed by atoms with Gasteiger partial charge in [0.05, 0.1) is 13.2 Å². The molecule has 2 rings (SSSR count). The van der Waals surface area contributed by atoms with Gasteiger partial charge >= 0.3 is 0 Å². The van der Waals surface area contributed by atoms with Gasteiger partial charge in [0.25, 0.3) is 0 Å². The van der Waals surface area contributed by atoms with E-state index in [1.54, 1.807) is 0 Å². The van der Waals surface area contributed by atoms with Crippen molar-refractivity contribution < 1.29 is 5.11 Å². The van der Waals surface area contributed by atoms with Gasteiger partial charge in [-0.25, -0.2) is 0 Å². The lowest BCUT2D eigenvalue weighted by molar-refractivity contribution is 0.271. The highest BCUT2D eigenvalue weighted by atomic mass is 35.5. The number of hydrogen-bond acceptors (Lipinski definition) is 1. The molecule has 0 aliphatic carbocycles. The van der Waals surface area contributed by atoms with E-state index in [9.17, 15) is 0 Å². The van der Waals surface area contributed by atoms with Crippen LogP contribution in [-0.4, -0.2) is 9.67 Å². The molecule has 0 saturated carbocycles. The Kier molecular flexibility index (Phi) is 3.54. The summed E-state index contributed by atoms with van der Waals surface area (Å²) >= 11 is 12.2. The molecule has 0 spiro atoms. The van der Waals surface area contributed by atoms with Crippen LogP contribution in [0.1, 0.15) is 11.3 Å². The summed E-state index contributed by atoms with van der Waals surface area (Å²) in [6.07, 6.45) is 1.89. The number of aromatic nitrogens is 1. The Balaban J connectivity index is 2.34. The number of benzene rings is 1. The fraction of sp³-hybridized carbons (Fsp3) is 0.167. The zero-order chi connectivity index (χ0) is 11.5. The van der Waals surface area contributed by atoms with Crippen molar-refractivity contribution in [1.29, 1.82) is 0 Å². The summed E-state index contributed by atoms with van der Waals surface area (Å²) in [5.41, 5.74) is 1.72. The van der Waals surface area contributed by atoms with Gasteiger partial charge in [-0.05, 0) is 24.3 Å². The predicted octanol–water partition coefficient (Wildman–Crippen LogP) is 3.34. The molecular weight excluding hydrogens is 245 g/mol. The molecule has 0 aliphatic heterocycles. The minimum absolute atomic E-state index is 0.00900. The Bertz CT molecular complexity index is 473. The number of aliphatic hydroxyl groups is 1. The third-order valence-electron chi connectivity index (χ3n) is 2.48. The van der Waals surface area contributed by atoms with Gasteiger partial charge in [0.15, 0.2) is 0 Å². The van der Waals surface area contributed by atoms with Crippen LogP contribution in [0.4, 0.5) is 0 Å². The van der Waals surface area contributed by atoms with E-state index in [0.717, 1.165) is 11.3 Å². The van der Waals surface area contributed by atoms with Gasteiger partial charge in [-0.2, -0.15) is 0 Å². The van der Waals surface area contributed by atoms with E-state index in [-0.39, 0.29) is 6.61 Å². The van der Waals surface area contributed by atoms with E-state index in [2.05, 4.69) is 0 Å². The first kappa shape index (κ1) is 11.5. The van der Waals surface area contributed by atoms with Crippen LogP contribution in [0, 0.1) is 0 Å².